The summed E-state index contributed by atoms with van der Waals surface area (Å²) in [6.07, 6.45) is -2.88. The second-order valence-corrected chi connectivity index (χ2v) is 5.60. The first-order valence-electron chi connectivity index (χ1n) is 3.63. The Kier molecular flexibility index (Phi) is 3.52. The van der Waals surface area contributed by atoms with Gasteiger partial charge in [0.25, 0.3) is 15.5 Å². The van der Waals surface area contributed by atoms with Gasteiger partial charge in [-0.3, -0.25) is 4.98 Å². The number of aryl methyl sites for hydroxylation is 1. The quantitative estimate of drug-likeness (QED) is 0.780. The molecule has 0 saturated carbocycles. The molecule has 0 spiro atoms. The summed E-state index contributed by atoms with van der Waals surface area (Å²) in [6.45, 7) is 1.32. The molecule has 0 N–H and O–H groups in total. The van der Waals surface area contributed by atoms with E-state index in [4.69, 9.17) is 22.3 Å². The van der Waals surface area contributed by atoms with Crippen LogP contribution in [0.1, 0.15) is 17.8 Å². The molecule has 0 aliphatic heterocycles. The summed E-state index contributed by atoms with van der Waals surface area (Å²) in [5.74, 6) is 0. The van der Waals surface area contributed by atoms with Crippen LogP contribution in [-0.2, 0) is 9.05 Å². The van der Waals surface area contributed by atoms with Gasteiger partial charge in [0, 0.05) is 10.7 Å². The Hall–Kier alpha value is -0.460. The molecule has 1 rings (SSSR count). The molecule has 0 atom stereocenters. The standard InChI is InChI=1S/C7H5Cl2F2NO2S/c1-3-6(8)5(15(9,13)14)2-4(12-3)7(10)11/h2,7H,1H3. The number of alkyl halides is 2. The molecule has 0 aromatic carbocycles. The van der Waals surface area contributed by atoms with Crippen molar-refractivity contribution in [1.82, 2.24) is 4.98 Å². The molecule has 8 heteroatoms. The molecule has 1 aromatic rings. The first kappa shape index (κ1) is 12.6. The van der Waals surface area contributed by atoms with Crippen LogP contribution >= 0.6 is 22.3 Å². The summed E-state index contributed by atoms with van der Waals surface area (Å²) in [5.41, 5.74) is -0.676. The van der Waals surface area contributed by atoms with Crippen LogP contribution in [0.4, 0.5) is 8.78 Å². The van der Waals surface area contributed by atoms with Crippen molar-refractivity contribution < 1.29 is 17.2 Å². The topological polar surface area (TPSA) is 47.0 Å². The van der Waals surface area contributed by atoms with Gasteiger partial charge in [-0.2, -0.15) is 0 Å². The highest BCUT2D eigenvalue weighted by Gasteiger charge is 2.21. The number of aromatic nitrogens is 1. The molecule has 0 unspecified atom stereocenters. The summed E-state index contributed by atoms with van der Waals surface area (Å²) >= 11 is 5.58. The third kappa shape index (κ3) is 2.76. The minimum Gasteiger partial charge on any atom is -0.251 e. The summed E-state index contributed by atoms with van der Waals surface area (Å²) in [6, 6.07) is 0.669. The smallest absolute Gasteiger partial charge is 0.251 e. The summed E-state index contributed by atoms with van der Waals surface area (Å²) in [5, 5.41) is -0.241. The van der Waals surface area contributed by atoms with Gasteiger partial charge in [0.15, 0.2) is 0 Å². The highest BCUT2D eigenvalue weighted by molar-refractivity contribution is 8.13. The van der Waals surface area contributed by atoms with Crippen LogP contribution in [0.15, 0.2) is 11.0 Å². The molecule has 0 amide bonds. The van der Waals surface area contributed by atoms with Crippen LogP contribution in [0.5, 0.6) is 0 Å². The maximum atomic E-state index is 12.3. The Morgan fingerprint density at radius 2 is 2.00 bits per heavy atom. The van der Waals surface area contributed by atoms with Gasteiger partial charge in [0.2, 0.25) is 0 Å². The molecule has 1 aromatic heterocycles. The molecule has 0 bridgehead atoms. The fourth-order valence-corrected chi connectivity index (χ4v) is 2.45. The fraction of sp³-hybridized carbons (Fsp3) is 0.286. The first-order chi connectivity index (χ1) is 6.73. The van der Waals surface area contributed by atoms with Gasteiger partial charge >= 0.3 is 0 Å². The monoisotopic (exact) mass is 275 g/mol. The van der Waals surface area contributed by atoms with E-state index >= 15 is 0 Å². The average molecular weight is 276 g/mol. The third-order valence-electron chi connectivity index (χ3n) is 1.60. The second-order valence-electron chi connectivity index (χ2n) is 2.68. The summed E-state index contributed by atoms with van der Waals surface area (Å²) in [4.78, 5) is 2.89. The van der Waals surface area contributed by atoms with Crippen molar-refractivity contribution in [3.63, 3.8) is 0 Å². The Morgan fingerprint density at radius 3 is 2.40 bits per heavy atom. The van der Waals surface area contributed by atoms with Crippen LogP contribution in [-0.4, -0.2) is 13.4 Å². The van der Waals surface area contributed by atoms with E-state index in [1.165, 1.54) is 6.92 Å². The van der Waals surface area contributed by atoms with E-state index in [9.17, 15) is 17.2 Å². The lowest BCUT2D eigenvalue weighted by Crippen LogP contribution is -2.00. The Balaban J connectivity index is 3.52. The predicted octanol–water partition coefficient (Wildman–Crippen LogP) is 2.91. The normalized spacial score (nSPS) is 12.1. The van der Waals surface area contributed by atoms with Crippen LogP contribution in [0.3, 0.4) is 0 Å². The molecule has 1 heterocycles. The second kappa shape index (κ2) is 4.19. The zero-order chi connectivity index (χ0) is 11.8. The van der Waals surface area contributed by atoms with Gasteiger partial charge in [0.1, 0.15) is 10.6 Å². The highest BCUT2D eigenvalue weighted by atomic mass is 35.7. The van der Waals surface area contributed by atoms with E-state index in [0.717, 1.165) is 0 Å². The molecular formula is C7H5Cl2F2NO2S. The molecular weight excluding hydrogens is 271 g/mol. The zero-order valence-electron chi connectivity index (χ0n) is 7.34. The van der Waals surface area contributed by atoms with E-state index in [1.54, 1.807) is 0 Å². The van der Waals surface area contributed by atoms with Crippen molar-refractivity contribution >= 4 is 31.3 Å². The summed E-state index contributed by atoms with van der Waals surface area (Å²) in [7, 11) is 0.882. The number of rotatable bonds is 2. The van der Waals surface area contributed by atoms with E-state index in [0.29, 0.717) is 6.07 Å². The Bertz CT molecular complexity index is 490. The van der Waals surface area contributed by atoms with Crippen LogP contribution in [0, 0.1) is 6.92 Å². The SMILES string of the molecule is Cc1nc(C(F)F)cc(S(=O)(=O)Cl)c1Cl. The van der Waals surface area contributed by atoms with Crippen molar-refractivity contribution in [2.75, 3.05) is 0 Å². The predicted molar refractivity (Wildman–Crippen MR) is 52.0 cm³/mol. The Morgan fingerprint density at radius 1 is 1.47 bits per heavy atom. The molecule has 0 aliphatic rings. The van der Waals surface area contributed by atoms with Crippen molar-refractivity contribution in [2.45, 2.75) is 18.2 Å². The van der Waals surface area contributed by atoms with Gasteiger partial charge in [-0.15, -0.1) is 0 Å². The number of halogens is 4. The van der Waals surface area contributed by atoms with E-state index in [1.807, 2.05) is 0 Å². The zero-order valence-corrected chi connectivity index (χ0v) is 9.67. The van der Waals surface area contributed by atoms with Crippen molar-refractivity contribution in [2.24, 2.45) is 0 Å². The number of nitrogens with zero attached hydrogens (tertiary/aromatic N) is 1. The molecule has 0 saturated heterocycles. The molecule has 15 heavy (non-hydrogen) atoms. The molecule has 3 nitrogen and oxygen atoms in total. The van der Waals surface area contributed by atoms with Gasteiger partial charge in [0.05, 0.1) is 10.7 Å². The van der Waals surface area contributed by atoms with E-state index in [2.05, 4.69) is 4.98 Å². The highest BCUT2D eigenvalue weighted by Crippen LogP contribution is 2.30. The molecule has 0 fully saturated rings. The molecule has 0 aliphatic carbocycles. The van der Waals surface area contributed by atoms with Crippen molar-refractivity contribution in [3.8, 4) is 0 Å². The lowest BCUT2D eigenvalue weighted by atomic mass is 10.3. The van der Waals surface area contributed by atoms with Crippen molar-refractivity contribution in [1.29, 1.82) is 0 Å². The van der Waals surface area contributed by atoms with Gasteiger partial charge in [-0.05, 0) is 13.0 Å². The van der Waals surface area contributed by atoms with Gasteiger partial charge in [-0.25, -0.2) is 17.2 Å². The maximum absolute atomic E-state index is 12.3. The van der Waals surface area contributed by atoms with Crippen LogP contribution in [0.25, 0.3) is 0 Å². The van der Waals surface area contributed by atoms with E-state index < -0.39 is 26.1 Å². The molecule has 0 radical (unpaired) electrons. The number of pyridine rings is 1. The lowest BCUT2D eigenvalue weighted by molar-refractivity contribution is 0.145. The number of hydrogen-bond acceptors (Lipinski definition) is 3. The number of hydrogen-bond donors (Lipinski definition) is 0. The molecule has 84 valence electrons. The van der Waals surface area contributed by atoms with Crippen molar-refractivity contribution in [3.05, 3.63) is 22.5 Å². The van der Waals surface area contributed by atoms with Crippen LogP contribution in [0.2, 0.25) is 5.02 Å². The third-order valence-corrected chi connectivity index (χ3v) is 3.53. The minimum absolute atomic E-state index is 0.00584. The lowest BCUT2D eigenvalue weighted by Gasteiger charge is -2.06. The fourth-order valence-electron chi connectivity index (χ4n) is 0.940. The van der Waals surface area contributed by atoms with Gasteiger partial charge in [-0.1, -0.05) is 11.6 Å². The summed E-state index contributed by atoms with van der Waals surface area (Å²) < 4.78 is 46.6. The average Bonchev–Trinajstić information content (AvgIpc) is 2.06. The first-order valence-corrected chi connectivity index (χ1v) is 6.32. The van der Waals surface area contributed by atoms with Crippen LogP contribution < -0.4 is 0 Å². The maximum Gasteiger partial charge on any atom is 0.280 e. The van der Waals surface area contributed by atoms with E-state index in [-0.39, 0.29) is 10.7 Å². The van der Waals surface area contributed by atoms with Gasteiger partial charge < -0.3 is 0 Å². The minimum atomic E-state index is -4.15. The largest absolute Gasteiger partial charge is 0.280 e. The Labute approximate surface area is 94.4 Å².